The second-order valence-electron chi connectivity index (χ2n) is 8.68. The SMILES string of the molecule is CCCN1C(=O)NC(c2ccc(NC(=O)Nc3c(Cl)cccc3Cl)cc2)C(C(=O)OCC)=C1c1ccccc1. The summed E-state index contributed by atoms with van der Waals surface area (Å²) in [4.78, 5) is 40.7. The molecule has 1 aliphatic rings. The van der Waals surface area contributed by atoms with E-state index in [1.54, 1.807) is 54.3 Å². The van der Waals surface area contributed by atoms with E-state index in [0.29, 0.717) is 51.2 Å². The van der Waals surface area contributed by atoms with Crippen molar-refractivity contribution in [3.8, 4) is 0 Å². The van der Waals surface area contributed by atoms with Gasteiger partial charge in [-0.05, 0) is 48.7 Å². The number of anilines is 2. The molecule has 1 unspecified atom stereocenters. The van der Waals surface area contributed by atoms with Crippen LogP contribution in [0.4, 0.5) is 21.0 Å². The first-order chi connectivity index (χ1) is 18.8. The van der Waals surface area contributed by atoms with Crippen molar-refractivity contribution in [2.24, 2.45) is 0 Å². The Morgan fingerprint density at radius 1 is 0.923 bits per heavy atom. The number of carbonyl (C=O) groups is 3. The number of nitrogens with zero attached hydrogens (tertiary/aromatic N) is 1. The Kier molecular flexibility index (Phi) is 9.11. The summed E-state index contributed by atoms with van der Waals surface area (Å²) in [5, 5.41) is 8.96. The highest BCUT2D eigenvalue weighted by Crippen LogP contribution is 2.37. The summed E-state index contributed by atoms with van der Waals surface area (Å²) < 4.78 is 5.44. The standard InChI is InChI=1S/C29H28Cl2N4O4/c1-3-17-35-26(19-9-6-5-7-10-19)23(27(36)39-4-2)24(34-29(35)38)18-13-15-20(16-14-18)32-28(37)33-25-21(30)11-8-12-22(25)31/h5-16,24H,3-4,17H2,1-2H3,(H,34,38)(H2,32,33,37). The second kappa shape index (κ2) is 12.7. The quantitative estimate of drug-likeness (QED) is 0.253. The van der Waals surface area contributed by atoms with Crippen LogP contribution in [0, 0.1) is 0 Å². The number of urea groups is 2. The van der Waals surface area contributed by atoms with Crippen LogP contribution in [0.25, 0.3) is 5.70 Å². The first kappa shape index (κ1) is 28.0. The monoisotopic (exact) mass is 566 g/mol. The molecule has 4 rings (SSSR count). The van der Waals surface area contributed by atoms with Gasteiger partial charge >= 0.3 is 18.0 Å². The number of carbonyl (C=O) groups excluding carboxylic acids is 3. The highest BCUT2D eigenvalue weighted by molar-refractivity contribution is 6.39. The maximum Gasteiger partial charge on any atom is 0.338 e. The molecule has 0 radical (unpaired) electrons. The molecule has 4 amide bonds. The highest BCUT2D eigenvalue weighted by atomic mass is 35.5. The zero-order valence-electron chi connectivity index (χ0n) is 21.5. The van der Waals surface area contributed by atoms with Crippen LogP contribution in [0.3, 0.4) is 0 Å². The predicted octanol–water partition coefficient (Wildman–Crippen LogP) is 7.09. The molecule has 0 aliphatic carbocycles. The summed E-state index contributed by atoms with van der Waals surface area (Å²) in [6.45, 7) is 4.32. The highest BCUT2D eigenvalue weighted by Gasteiger charge is 2.38. The molecule has 1 heterocycles. The maximum absolute atomic E-state index is 13.3. The number of hydrogen-bond donors (Lipinski definition) is 3. The van der Waals surface area contributed by atoms with E-state index in [4.69, 9.17) is 27.9 Å². The van der Waals surface area contributed by atoms with Crippen molar-refractivity contribution in [1.82, 2.24) is 10.2 Å². The van der Waals surface area contributed by atoms with Crippen molar-refractivity contribution >= 4 is 58.3 Å². The lowest BCUT2D eigenvalue weighted by Gasteiger charge is -2.36. The summed E-state index contributed by atoms with van der Waals surface area (Å²) in [5.41, 5.74) is 3.03. The van der Waals surface area contributed by atoms with Crippen LogP contribution < -0.4 is 16.0 Å². The predicted molar refractivity (Wildman–Crippen MR) is 154 cm³/mol. The lowest BCUT2D eigenvalue weighted by molar-refractivity contribution is -0.138. The van der Waals surface area contributed by atoms with Gasteiger partial charge in [-0.2, -0.15) is 0 Å². The van der Waals surface area contributed by atoms with Gasteiger partial charge in [-0.25, -0.2) is 14.4 Å². The minimum atomic E-state index is -0.760. The fourth-order valence-corrected chi connectivity index (χ4v) is 4.82. The molecular formula is C29H28Cl2N4O4. The Labute approximate surface area is 236 Å². The Balaban J connectivity index is 1.66. The number of para-hydroxylation sites is 1. The molecule has 0 aromatic heterocycles. The Morgan fingerprint density at radius 3 is 2.21 bits per heavy atom. The Hall–Kier alpha value is -4.01. The first-order valence-corrected chi connectivity index (χ1v) is 13.3. The van der Waals surface area contributed by atoms with Gasteiger partial charge in [-0.1, -0.05) is 78.7 Å². The van der Waals surface area contributed by atoms with Crippen molar-refractivity contribution in [3.05, 3.63) is 99.5 Å². The van der Waals surface area contributed by atoms with E-state index < -0.39 is 18.0 Å². The smallest absolute Gasteiger partial charge is 0.338 e. The molecule has 3 aromatic carbocycles. The van der Waals surface area contributed by atoms with Gasteiger partial charge in [0.2, 0.25) is 0 Å². The minimum Gasteiger partial charge on any atom is -0.463 e. The third-order valence-electron chi connectivity index (χ3n) is 6.02. The molecule has 1 aliphatic heterocycles. The van der Waals surface area contributed by atoms with Gasteiger partial charge in [0.25, 0.3) is 0 Å². The molecule has 1 atom stereocenters. The third-order valence-corrected chi connectivity index (χ3v) is 6.65. The molecule has 3 N–H and O–H groups in total. The third kappa shape index (κ3) is 6.35. The van der Waals surface area contributed by atoms with Gasteiger partial charge in [-0.15, -0.1) is 0 Å². The van der Waals surface area contributed by atoms with Crippen molar-refractivity contribution < 1.29 is 19.1 Å². The van der Waals surface area contributed by atoms with Crippen molar-refractivity contribution in [3.63, 3.8) is 0 Å². The topological polar surface area (TPSA) is 99.8 Å². The first-order valence-electron chi connectivity index (χ1n) is 12.5. The fraction of sp³-hybridized carbons (Fsp3) is 0.207. The molecule has 0 saturated carbocycles. The fourth-order valence-electron chi connectivity index (χ4n) is 4.33. The van der Waals surface area contributed by atoms with Crippen LogP contribution in [0.1, 0.15) is 37.4 Å². The van der Waals surface area contributed by atoms with Gasteiger partial charge in [0, 0.05) is 12.2 Å². The molecule has 0 spiro atoms. The number of nitrogens with one attached hydrogen (secondary N) is 3. The van der Waals surface area contributed by atoms with E-state index in [1.165, 1.54) is 0 Å². The summed E-state index contributed by atoms with van der Waals surface area (Å²) in [6.07, 6.45) is 0.701. The van der Waals surface area contributed by atoms with Gasteiger partial charge in [0.05, 0.1) is 39.7 Å². The molecule has 39 heavy (non-hydrogen) atoms. The molecule has 0 fully saturated rings. The van der Waals surface area contributed by atoms with E-state index in [9.17, 15) is 14.4 Å². The second-order valence-corrected chi connectivity index (χ2v) is 9.50. The maximum atomic E-state index is 13.3. The van der Waals surface area contributed by atoms with Gasteiger partial charge in [0.15, 0.2) is 0 Å². The summed E-state index contributed by atoms with van der Waals surface area (Å²) >= 11 is 12.3. The Bertz CT molecular complexity index is 1370. The van der Waals surface area contributed by atoms with Crippen LogP contribution in [-0.4, -0.2) is 36.1 Å². The number of amides is 4. The van der Waals surface area contributed by atoms with E-state index in [-0.39, 0.29) is 12.6 Å². The van der Waals surface area contributed by atoms with Crippen molar-refractivity contribution in [2.75, 3.05) is 23.8 Å². The summed E-state index contributed by atoms with van der Waals surface area (Å²) in [5.74, 6) is -0.513. The molecular weight excluding hydrogens is 539 g/mol. The zero-order valence-corrected chi connectivity index (χ0v) is 23.0. The number of hydrogen-bond acceptors (Lipinski definition) is 4. The van der Waals surface area contributed by atoms with E-state index >= 15 is 0 Å². The average Bonchev–Trinajstić information content (AvgIpc) is 2.92. The van der Waals surface area contributed by atoms with Crippen LogP contribution in [0.2, 0.25) is 10.0 Å². The molecule has 0 saturated heterocycles. The number of rotatable bonds is 8. The van der Waals surface area contributed by atoms with Gasteiger partial charge in [0.1, 0.15) is 0 Å². The van der Waals surface area contributed by atoms with Crippen molar-refractivity contribution in [2.45, 2.75) is 26.3 Å². The average molecular weight is 567 g/mol. The molecule has 8 nitrogen and oxygen atoms in total. The van der Waals surface area contributed by atoms with E-state index in [0.717, 1.165) is 5.56 Å². The largest absolute Gasteiger partial charge is 0.463 e. The zero-order chi connectivity index (χ0) is 27.9. The van der Waals surface area contributed by atoms with Crippen LogP contribution in [-0.2, 0) is 9.53 Å². The molecule has 10 heteroatoms. The Morgan fingerprint density at radius 2 is 1.59 bits per heavy atom. The normalized spacial score (nSPS) is 15.0. The molecule has 3 aromatic rings. The van der Waals surface area contributed by atoms with Crippen LogP contribution in [0.15, 0.2) is 78.4 Å². The summed E-state index contributed by atoms with van der Waals surface area (Å²) in [7, 11) is 0. The minimum absolute atomic E-state index is 0.187. The summed E-state index contributed by atoms with van der Waals surface area (Å²) in [6, 6.07) is 19.5. The van der Waals surface area contributed by atoms with Crippen LogP contribution in [0.5, 0.6) is 0 Å². The van der Waals surface area contributed by atoms with E-state index in [1.807, 2.05) is 37.3 Å². The number of esters is 1. The number of benzene rings is 3. The van der Waals surface area contributed by atoms with Crippen LogP contribution >= 0.6 is 23.2 Å². The lowest BCUT2D eigenvalue weighted by atomic mass is 9.91. The molecule has 0 bridgehead atoms. The van der Waals surface area contributed by atoms with Crippen molar-refractivity contribution in [1.29, 1.82) is 0 Å². The van der Waals surface area contributed by atoms with Gasteiger partial charge in [-0.3, -0.25) is 4.90 Å². The lowest BCUT2D eigenvalue weighted by Crippen LogP contribution is -2.48. The van der Waals surface area contributed by atoms with E-state index in [2.05, 4.69) is 16.0 Å². The number of halogens is 2. The van der Waals surface area contributed by atoms with Gasteiger partial charge < -0.3 is 20.7 Å². The molecule has 202 valence electrons. The number of ether oxygens (including phenoxy) is 1.